The molecule has 3 nitrogen and oxygen atoms in total. The summed E-state index contributed by atoms with van der Waals surface area (Å²) in [5.74, 6) is 0.963. The molecule has 1 N–H and O–H groups in total. The number of aryl methyl sites for hydroxylation is 1. The highest BCUT2D eigenvalue weighted by molar-refractivity contribution is 5.40. The summed E-state index contributed by atoms with van der Waals surface area (Å²) < 4.78 is 5.29. The van der Waals surface area contributed by atoms with Crippen LogP contribution in [0.5, 0.6) is 5.75 Å². The molecule has 0 amide bonds. The first-order valence-electron chi connectivity index (χ1n) is 6.25. The second kappa shape index (κ2) is 5.52. The van der Waals surface area contributed by atoms with E-state index >= 15 is 0 Å². The van der Waals surface area contributed by atoms with E-state index in [-0.39, 0.29) is 0 Å². The Balaban J connectivity index is 2.00. The van der Waals surface area contributed by atoms with Crippen LogP contribution in [-0.2, 0) is 6.42 Å². The summed E-state index contributed by atoms with van der Waals surface area (Å²) in [5, 5.41) is 3.62. The van der Waals surface area contributed by atoms with E-state index < -0.39 is 0 Å². The molecule has 0 saturated carbocycles. The number of hydrogen-bond donors (Lipinski definition) is 1. The number of rotatable bonds is 5. The van der Waals surface area contributed by atoms with Gasteiger partial charge in [-0.2, -0.15) is 0 Å². The molecule has 0 aliphatic heterocycles. The maximum absolute atomic E-state index is 5.29. The molecule has 0 heterocycles. The van der Waals surface area contributed by atoms with Crippen molar-refractivity contribution in [2.75, 3.05) is 34.3 Å². The molecule has 0 saturated heterocycles. The van der Waals surface area contributed by atoms with Gasteiger partial charge in [0.2, 0.25) is 0 Å². The van der Waals surface area contributed by atoms with Gasteiger partial charge in [-0.15, -0.1) is 0 Å². The minimum atomic E-state index is 0.500. The lowest BCUT2D eigenvalue weighted by Gasteiger charge is -2.16. The predicted molar refractivity (Wildman–Crippen MR) is 70.6 cm³/mol. The maximum Gasteiger partial charge on any atom is 0.119 e. The summed E-state index contributed by atoms with van der Waals surface area (Å²) in [7, 11) is 5.94. The molecule has 0 aromatic heterocycles. The van der Waals surface area contributed by atoms with Crippen LogP contribution < -0.4 is 10.1 Å². The molecule has 1 atom stereocenters. The van der Waals surface area contributed by atoms with E-state index in [1.807, 2.05) is 0 Å². The fourth-order valence-electron chi connectivity index (χ4n) is 2.38. The second-order valence-corrected chi connectivity index (χ2v) is 4.91. The zero-order valence-electron chi connectivity index (χ0n) is 11.0. The van der Waals surface area contributed by atoms with Crippen molar-refractivity contribution in [1.29, 1.82) is 0 Å². The fourth-order valence-corrected chi connectivity index (χ4v) is 2.38. The van der Waals surface area contributed by atoms with Crippen LogP contribution in [0.4, 0.5) is 0 Å². The third-order valence-electron chi connectivity index (χ3n) is 3.38. The van der Waals surface area contributed by atoms with E-state index in [9.17, 15) is 0 Å². The minimum Gasteiger partial charge on any atom is -0.497 e. The molecular formula is C14H22N2O. The van der Waals surface area contributed by atoms with E-state index in [0.717, 1.165) is 18.8 Å². The Kier molecular flexibility index (Phi) is 4.02. The summed E-state index contributed by atoms with van der Waals surface area (Å²) in [5.41, 5.74) is 2.89. The van der Waals surface area contributed by atoms with Gasteiger partial charge in [0, 0.05) is 19.1 Å². The molecule has 1 aromatic rings. The van der Waals surface area contributed by atoms with Gasteiger partial charge in [0.1, 0.15) is 5.75 Å². The number of nitrogens with zero attached hydrogens (tertiary/aromatic N) is 1. The highest BCUT2D eigenvalue weighted by atomic mass is 16.5. The lowest BCUT2D eigenvalue weighted by Crippen LogP contribution is -2.28. The van der Waals surface area contributed by atoms with Gasteiger partial charge in [0.25, 0.3) is 0 Å². The molecule has 0 bridgehead atoms. The summed E-state index contributed by atoms with van der Waals surface area (Å²) >= 11 is 0. The molecular weight excluding hydrogens is 212 g/mol. The van der Waals surface area contributed by atoms with Crippen molar-refractivity contribution in [3.8, 4) is 5.75 Å². The zero-order valence-corrected chi connectivity index (χ0v) is 11.0. The van der Waals surface area contributed by atoms with Crippen molar-refractivity contribution in [1.82, 2.24) is 10.2 Å². The maximum atomic E-state index is 5.29. The molecule has 1 aromatic carbocycles. The van der Waals surface area contributed by atoms with Crippen LogP contribution in [0.25, 0.3) is 0 Å². The summed E-state index contributed by atoms with van der Waals surface area (Å²) in [6, 6.07) is 6.93. The van der Waals surface area contributed by atoms with Gasteiger partial charge >= 0.3 is 0 Å². The molecule has 17 heavy (non-hydrogen) atoms. The SMILES string of the molecule is COc1ccc2c(c1)C(NCCN(C)C)CC2. The quantitative estimate of drug-likeness (QED) is 0.841. The number of likely N-dealkylation sites (N-methyl/N-ethyl adjacent to an activating group) is 1. The largest absolute Gasteiger partial charge is 0.497 e. The molecule has 0 spiro atoms. The van der Waals surface area contributed by atoms with Crippen LogP contribution in [0.3, 0.4) is 0 Å². The van der Waals surface area contributed by atoms with Gasteiger partial charge in [-0.25, -0.2) is 0 Å². The smallest absolute Gasteiger partial charge is 0.119 e. The average molecular weight is 234 g/mol. The van der Waals surface area contributed by atoms with Crippen molar-refractivity contribution in [3.05, 3.63) is 29.3 Å². The Morgan fingerprint density at radius 1 is 1.41 bits per heavy atom. The lowest BCUT2D eigenvalue weighted by molar-refractivity contribution is 0.383. The van der Waals surface area contributed by atoms with Crippen LogP contribution in [-0.4, -0.2) is 39.2 Å². The van der Waals surface area contributed by atoms with Crippen molar-refractivity contribution in [2.45, 2.75) is 18.9 Å². The normalized spacial score (nSPS) is 18.5. The first kappa shape index (κ1) is 12.4. The molecule has 3 heteroatoms. The van der Waals surface area contributed by atoms with E-state index in [0.29, 0.717) is 6.04 Å². The van der Waals surface area contributed by atoms with E-state index in [1.54, 1.807) is 7.11 Å². The number of hydrogen-bond acceptors (Lipinski definition) is 3. The van der Waals surface area contributed by atoms with E-state index in [4.69, 9.17) is 4.74 Å². The van der Waals surface area contributed by atoms with Crippen molar-refractivity contribution in [3.63, 3.8) is 0 Å². The second-order valence-electron chi connectivity index (χ2n) is 4.91. The van der Waals surface area contributed by atoms with Crippen LogP contribution in [0, 0.1) is 0 Å². The van der Waals surface area contributed by atoms with Crippen molar-refractivity contribution in [2.24, 2.45) is 0 Å². The van der Waals surface area contributed by atoms with E-state index in [2.05, 4.69) is 42.5 Å². The topological polar surface area (TPSA) is 24.5 Å². The van der Waals surface area contributed by atoms with Crippen LogP contribution >= 0.6 is 0 Å². The van der Waals surface area contributed by atoms with Crippen molar-refractivity contribution >= 4 is 0 Å². The molecule has 1 aliphatic rings. The summed E-state index contributed by atoms with van der Waals surface area (Å²) in [6.45, 7) is 2.12. The van der Waals surface area contributed by atoms with Gasteiger partial charge in [0.15, 0.2) is 0 Å². The summed E-state index contributed by atoms with van der Waals surface area (Å²) in [4.78, 5) is 2.20. The number of benzene rings is 1. The van der Waals surface area contributed by atoms with Gasteiger partial charge in [0.05, 0.1) is 7.11 Å². The van der Waals surface area contributed by atoms with Crippen LogP contribution in [0.15, 0.2) is 18.2 Å². The van der Waals surface area contributed by atoms with E-state index in [1.165, 1.54) is 24.0 Å². The van der Waals surface area contributed by atoms with Crippen LogP contribution in [0.1, 0.15) is 23.6 Å². The molecule has 1 aliphatic carbocycles. The predicted octanol–water partition coefficient (Wildman–Crippen LogP) is 1.83. The van der Waals surface area contributed by atoms with Crippen LogP contribution in [0.2, 0.25) is 0 Å². The zero-order chi connectivity index (χ0) is 12.3. The molecule has 94 valence electrons. The first-order valence-corrected chi connectivity index (χ1v) is 6.25. The standard InChI is InChI=1S/C14H22N2O/c1-16(2)9-8-15-14-7-5-11-4-6-12(17-3)10-13(11)14/h4,6,10,14-15H,5,7-9H2,1-3H3. The van der Waals surface area contributed by atoms with Gasteiger partial charge in [-0.3, -0.25) is 0 Å². The lowest BCUT2D eigenvalue weighted by atomic mass is 10.1. The number of nitrogens with one attached hydrogen (secondary N) is 1. The third-order valence-corrected chi connectivity index (χ3v) is 3.38. The number of fused-ring (bicyclic) bond motifs is 1. The molecule has 2 rings (SSSR count). The third kappa shape index (κ3) is 2.99. The molecule has 1 unspecified atom stereocenters. The Bertz CT molecular complexity index is 376. The average Bonchev–Trinajstić information content (AvgIpc) is 2.71. The number of methoxy groups -OCH3 is 1. The fraction of sp³-hybridized carbons (Fsp3) is 0.571. The minimum absolute atomic E-state index is 0.500. The number of ether oxygens (including phenoxy) is 1. The van der Waals surface area contributed by atoms with Gasteiger partial charge in [-0.1, -0.05) is 6.07 Å². The Morgan fingerprint density at radius 2 is 2.24 bits per heavy atom. The van der Waals surface area contributed by atoms with Gasteiger partial charge in [-0.05, 0) is 50.2 Å². The molecule has 0 radical (unpaired) electrons. The van der Waals surface area contributed by atoms with Gasteiger partial charge < -0.3 is 15.0 Å². The monoisotopic (exact) mass is 234 g/mol. The first-order chi connectivity index (χ1) is 8.20. The summed E-state index contributed by atoms with van der Waals surface area (Å²) in [6.07, 6.45) is 2.38. The Hall–Kier alpha value is -1.06. The van der Waals surface area contributed by atoms with Crippen molar-refractivity contribution < 1.29 is 4.74 Å². The molecule has 0 fully saturated rings. The Labute approximate surface area is 104 Å². The Morgan fingerprint density at radius 3 is 2.94 bits per heavy atom. The highest BCUT2D eigenvalue weighted by Gasteiger charge is 2.22. The highest BCUT2D eigenvalue weighted by Crippen LogP contribution is 2.33.